The predicted molar refractivity (Wildman–Crippen MR) is 106 cm³/mol. The van der Waals surface area contributed by atoms with Gasteiger partial charge in [-0.15, -0.1) is 0 Å². The Balaban J connectivity index is 2.15. The van der Waals surface area contributed by atoms with Gasteiger partial charge in [-0.25, -0.2) is 21.9 Å². The molecule has 0 fully saturated rings. The molecule has 0 aliphatic heterocycles. The number of anilines is 1. The van der Waals surface area contributed by atoms with Crippen molar-refractivity contribution < 1.29 is 22.3 Å². The molecule has 0 aliphatic carbocycles. The number of methoxy groups -OCH3 is 1. The van der Waals surface area contributed by atoms with Crippen molar-refractivity contribution in [1.29, 1.82) is 0 Å². The number of urea groups is 1. The summed E-state index contributed by atoms with van der Waals surface area (Å²) in [7, 11) is 0.624. The Hall–Kier alpha value is -2.65. The third-order valence-electron chi connectivity index (χ3n) is 4.26. The molecule has 2 aromatic rings. The van der Waals surface area contributed by atoms with E-state index in [1.165, 1.54) is 45.5 Å². The van der Waals surface area contributed by atoms with Crippen LogP contribution in [-0.4, -0.2) is 40.0 Å². The monoisotopic (exact) mass is 409 g/mol. The van der Waals surface area contributed by atoms with Gasteiger partial charge in [-0.05, 0) is 49.2 Å². The van der Waals surface area contributed by atoms with Crippen molar-refractivity contribution >= 4 is 21.7 Å². The summed E-state index contributed by atoms with van der Waals surface area (Å²) in [6.07, 6.45) is 0. The Labute approximate surface area is 164 Å². The number of nitrogens with one attached hydrogen (secondary N) is 2. The second kappa shape index (κ2) is 8.57. The fourth-order valence-corrected chi connectivity index (χ4v) is 3.43. The quantitative estimate of drug-likeness (QED) is 0.767. The van der Waals surface area contributed by atoms with Gasteiger partial charge in [0.05, 0.1) is 18.0 Å². The van der Waals surface area contributed by atoms with E-state index in [4.69, 9.17) is 4.74 Å². The van der Waals surface area contributed by atoms with Gasteiger partial charge >= 0.3 is 6.03 Å². The highest BCUT2D eigenvalue weighted by Crippen LogP contribution is 2.23. The van der Waals surface area contributed by atoms with Gasteiger partial charge in [-0.1, -0.05) is 12.1 Å². The molecule has 0 saturated heterocycles. The van der Waals surface area contributed by atoms with Crippen LogP contribution >= 0.6 is 0 Å². The minimum Gasteiger partial charge on any atom is -0.494 e. The molecule has 0 unspecified atom stereocenters. The van der Waals surface area contributed by atoms with Gasteiger partial charge < -0.3 is 15.4 Å². The van der Waals surface area contributed by atoms with Crippen LogP contribution in [0.3, 0.4) is 0 Å². The zero-order valence-corrected chi connectivity index (χ0v) is 17.2. The normalized spacial score (nSPS) is 12.5. The molecule has 0 aliphatic rings. The summed E-state index contributed by atoms with van der Waals surface area (Å²) in [6.45, 7) is 3.46. The number of hydrogen-bond acceptors (Lipinski definition) is 4. The maximum Gasteiger partial charge on any atom is 0.319 e. The lowest BCUT2D eigenvalue weighted by molar-refractivity contribution is 0.249. The van der Waals surface area contributed by atoms with Crippen molar-refractivity contribution in [3.63, 3.8) is 0 Å². The highest BCUT2D eigenvalue weighted by Gasteiger charge is 2.19. The standard InChI is InChI=1S/C19H24FN3O4S/c1-12-6-8-15(28(25,26)23(3)4)11-17(12)22-19(24)21-13(2)14-7-9-18(27-5)16(20)10-14/h6-11,13H,1-5H3,(H2,21,22,24)/t13-/m0/s1. The molecule has 0 saturated carbocycles. The lowest BCUT2D eigenvalue weighted by atomic mass is 10.1. The van der Waals surface area contributed by atoms with E-state index in [1.807, 2.05) is 0 Å². The van der Waals surface area contributed by atoms with Crippen LogP contribution < -0.4 is 15.4 Å². The van der Waals surface area contributed by atoms with Crippen molar-refractivity contribution in [2.24, 2.45) is 0 Å². The average Bonchev–Trinajstić information content (AvgIpc) is 2.63. The number of aryl methyl sites for hydroxylation is 1. The summed E-state index contributed by atoms with van der Waals surface area (Å²) in [5, 5.41) is 5.35. The van der Waals surface area contributed by atoms with Gasteiger partial charge in [0.1, 0.15) is 0 Å². The van der Waals surface area contributed by atoms with Crippen LogP contribution in [-0.2, 0) is 10.0 Å². The first-order valence-corrected chi connectivity index (χ1v) is 9.94. The number of nitrogens with zero attached hydrogens (tertiary/aromatic N) is 1. The van der Waals surface area contributed by atoms with Crippen LogP contribution in [0.15, 0.2) is 41.3 Å². The third kappa shape index (κ3) is 4.79. The van der Waals surface area contributed by atoms with Crippen LogP contribution in [0.25, 0.3) is 0 Å². The van der Waals surface area contributed by atoms with E-state index >= 15 is 0 Å². The minimum atomic E-state index is -3.62. The number of halogens is 1. The van der Waals surface area contributed by atoms with E-state index in [-0.39, 0.29) is 10.6 Å². The SMILES string of the molecule is COc1ccc([C@H](C)NC(=O)Nc2cc(S(=O)(=O)N(C)C)ccc2C)cc1F. The smallest absolute Gasteiger partial charge is 0.319 e. The number of rotatable bonds is 6. The van der Waals surface area contributed by atoms with Crippen LogP contribution in [0.4, 0.5) is 14.9 Å². The molecule has 7 nitrogen and oxygen atoms in total. The number of carbonyl (C=O) groups is 1. The Morgan fingerprint density at radius 3 is 2.43 bits per heavy atom. The lowest BCUT2D eigenvalue weighted by Crippen LogP contribution is -2.31. The number of amides is 2. The van der Waals surface area contributed by atoms with Crippen LogP contribution in [0.5, 0.6) is 5.75 Å². The number of benzene rings is 2. The van der Waals surface area contributed by atoms with Gasteiger partial charge in [-0.2, -0.15) is 0 Å². The zero-order chi connectivity index (χ0) is 21.1. The number of ether oxygens (including phenoxy) is 1. The molecular weight excluding hydrogens is 385 g/mol. The molecule has 9 heteroatoms. The van der Waals surface area contributed by atoms with Gasteiger partial charge in [0, 0.05) is 19.8 Å². The molecule has 2 aromatic carbocycles. The first kappa shape index (κ1) is 21.6. The zero-order valence-electron chi connectivity index (χ0n) is 16.4. The highest BCUT2D eigenvalue weighted by atomic mass is 32.2. The van der Waals surface area contributed by atoms with E-state index in [1.54, 1.807) is 26.0 Å². The largest absolute Gasteiger partial charge is 0.494 e. The van der Waals surface area contributed by atoms with Crippen LogP contribution in [0.2, 0.25) is 0 Å². The molecule has 0 heterocycles. The molecule has 0 bridgehead atoms. The molecule has 28 heavy (non-hydrogen) atoms. The van der Waals surface area contributed by atoms with E-state index < -0.39 is 27.9 Å². The summed E-state index contributed by atoms with van der Waals surface area (Å²) in [5.74, 6) is -0.401. The summed E-state index contributed by atoms with van der Waals surface area (Å²) < 4.78 is 44.4. The Morgan fingerprint density at radius 1 is 1.18 bits per heavy atom. The average molecular weight is 409 g/mol. The van der Waals surface area contributed by atoms with E-state index in [0.29, 0.717) is 16.8 Å². The van der Waals surface area contributed by atoms with Gasteiger partial charge in [-0.3, -0.25) is 0 Å². The second-order valence-corrected chi connectivity index (χ2v) is 8.63. The van der Waals surface area contributed by atoms with Crippen molar-refractivity contribution in [2.45, 2.75) is 24.8 Å². The summed E-state index contributed by atoms with van der Waals surface area (Å²) >= 11 is 0. The number of carbonyl (C=O) groups excluding carboxylic acids is 1. The summed E-state index contributed by atoms with van der Waals surface area (Å²) in [6, 6.07) is 7.93. The summed E-state index contributed by atoms with van der Waals surface area (Å²) in [4.78, 5) is 12.4. The first-order chi connectivity index (χ1) is 13.1. The molecule has 1 atom stereocenters. The maximum absolute atomic E-state index is 13.9. The molecule has 2 N–H and O–H groups in total. The Morgan fingerprint density at radius 2 is 1.86 bits per heavy atom. The van der Waals surface area contributed by atoms with Gasteiger partial charge in [0.15, 0.2) is 11.6 Å². The van der Waals surface area contributed by atoms with Gasteiger partial charge in [0.2, 0.25) is 10.0 Å². The first-order valence-electron chi connectivity index (χ1n) is 8.50. The second-order valence-electron chi connectivity index (χ2n) is 6.48. The molecular formula is C19H24FN3O4S. The van der Waals surface area contributed by atoms with Crippen molar-refractivity contribution in [2.75, 3.05) is 26.5 Å². The highest BCUT2D eigenvalue weighted by molar-refractivity contribution is 7.89. The van der Waals surface area contributed by atoms with E-state index in [2.05, 4.69) is 10.6 Å². The third-order valence-corrected chi connectivity index (χ3v) is 6.07. The Bertz CT molecular complexity index is 977. The fraction of sp³-hybridized carbons (Fsp3) is 0.316. The Kier molecular flexibility index (Phi) is 6.63. The molecule has 0 aromatic heterocycles. The molecule has 2 rings (SSSR count). The van der Waals surface area contributed by atoms with Crippen LogP contribution in [0.1, 0.15) is 24.1 Å². The van der Waals surface area contributed by atoms with Crippen molar-refractivity contribution in [3.05, 3.63) is 53.3 Å². The molecule has 2 amide bonds. The van der Waals surface area contributed by atoms with Crippen molar-refractivity contribution in [1.82, 2.24) is 9.62 Å². The summed E-state index contributed by atoms with van der Waals surface area (Å²) in [5.41, 5.74) is 1.64. The number of sulfonamides is 1. The van der Waals surface area contributed by atoms with Crippen LogP contribution in [0, 0.1) is 12.7 Å². The number of hydrogen-bond donors (Lipinski definition) is 2. The molecule has 0 spiro atoms. The maximum atomic E-state index is 13.9. The minimum absolute atomic E-state index is 0.0728. The topological polar surface area (TPSA) is 87.7 Å². The van der Waals surface area contributed by atoms with E-state index in [9.17, 15) is 17.6 Å². The van der Waals surface area contributed by atoms with Crippen molar-refractivity contribution in [3.8, 4) is 5.75 Å². The molecule has 0 radical (unpaired) electrons. The lowest BCUT2D eigenvalue weighted by Gasteiger charge is -2.18. The van der Waals surface area contributed by atoms with E-state index in [0.717, 1.165) is 4.31 Å². The fourth-order valence-electron chi connectivity index (χ4n) is 2.50. The predicted octanol–water partition coefficient (Wildman–Crippen LogP) is 3.28. The van der Waals surface area contributed by atoms with Gasteiger partial charge in [0.25, 0.3) is 0 Å². The molecule has 152 valence electrons.